The first-order chi connectivity index (χ1) is 9.97. The quantitative estimate of drug-likeness (QED) is 0.855. The Bertz CT molecular complexity index is 523. The number of urea groups is 1. The summed E-state index contributed by atoms with van der Waals surface area (Å²) in [6.07, 6.45) is 0.0110. The molecule has 0 bridgehead atoms. The van der Waals surface area contributed by atoms with Crippen molar-refractivity contribution in [2.75, 3.05) is 25.1 Å². The monoisotopic (exact) mass is 392 g/mol. The van der Waals surface area contributed by atoms with Gasteiger partial charge in [-0.1, -0.05) is 0 Å². The number of carboxylic acids is 1. The van der Waals surface area contributed by atoms with Gasteiger partial charge in [0.05, 0.1) is 19.0 Å². The van der Waals surface area contributed by atoms with Crippen molar-refractivity contribution in [3.63, 3.8) is 0 Å². The number of rotatable bonds is 4. The first kappa shape index (κ1) is 16.6. The van der Waals surface area contributed by atoms with Crippen LogP contribution in [0.5, 0.6) is 0 Å². The summed E-state index contributed by atoms with van der Waals surface area (Å²) in [5, 5.41) is 11.0. The molecule has 1 saturated heterocycles. The highest BCUT2D eigenvalue weighted by molar-refractivity contribution is 9.10. The van der Waals surface area contributed by atoms with Gasteiger partial charge in [0, 0.05) is 39.8 Å². The third-order valence-corrected chi connectivity index (χ3v) is 6.00. The third-order valence-electron chi connectivity index (χ3n) is 3.22. The zero-order valence-corrected chi connectivity index (χ0v) is 14.8. The summed E-state index contributed by atoms with van der Waals surface area (Å²) < 4.78 is 1.02. The fourth-order valence-electron chi connectivity index (χ4n) is 2.23. The molecule has 0 aliphatic carbocycles. The lowest BCUT2D eigenvalue weighted by atomic mass is 10.2. The molecule has 0 aromatic carbocycles. The maximum absolute atomic E-state index is 12.5. The predicted octanol–water partition coefficient (Wildman–Crippen LogP) is 2.95. The van der Waals surface area contributed by atoms with E-state index in [1.165, 1.54) is 0 Å². The van der Waals surface area contributed by atoms with Crippen LogP contribution in [-0.4, -0.2) is 58.0 Å². The standard InChI is InChI=1S/C13H17BrN2O3S2/c1-15(6-11-4-9(14)7-21-11)13(19)16-2-3-20-8-10(16)5-12(17)18/h4,7,10H,2-3,5-6,8H2,1H3,(H,17,18). The van der Waals surface area contributed by atoms with Crippen LogP contribution < -0.4 is 0 Å². The number of carbonyl (C=O) groups excluding carboxylic acids is 1. The van der Waals surface area contributed by atoms with Crippen LogP contribution in [0.3, 0.4) is 0 Å². The normalized spacial score (nSPS) is 18.6. The van der Waals surface area contributed by atoms with E-state index in [1.807, 2.05) is 11.4 Å². The average molecular weight is 393 g/mol. The van der Waals surface area contributed by atoms with E-state index >= 15 is 0 Å². The summed E-state index contributed by atoms with van der Waals surface area (Å²) in [4.78, 5) is 27.9. The Morgan fingerprint density at radius 3 is 2.95 bits per heavy atom. The minimum absolute atomic E-state index is 0.0110. The van der Waals surface area contributed by atoms with Gasteiger partial charge in [0.15, 0.2) is 0 Å². The molecule has 116 valence electrons. The Morgan fingerprint density at radius 1 is 1.57 bits per heavy atom. The highest BCUT2D eigenvalue weighted by Crippen LogP contribution is 2.23. The maximum Gasteiger partial charge on any atom is 0.320 e. The molecule has 2 rings (SSSR count). The van der Waals surface area contributed by atoms with Crippen LogP contribution in [0, 0.1) is 0 Å². The van der Waals surface area contributed by atoms with Gasteiger partial charge in [-0.15, -0.1) is 11.3 Å². The number of carbonyl (C=O) groups is 2. The molecule has 1 aromatic rings. The molecule has 0 radical (unpaired) electrons. The van der Waals surface area contributed by atoms with Gasteiger partial charge in [0.1, 0.15) is 0 Å². The molecule has 1 N–H and O–H groups in total. The highest BCUT2D eigenvalue weighted by atomic mass is 79.9. The third kappa shape index (κ3) is 4.62. The van der Waals surface area contributed by atoms with Crippen molar-refractivity contribution < 1.29 is 14.7 Å². The number of thioether (sulfide) groups is 1. The second-order valence-electron chi connectivity index (χ2n) is 4.89. The number of thiophene rings is 1. The molecule has 0 spiro atoms. The largest absolute Gasteiger partial charge is 0.481 e. The molecular formula is C13H17BrN2O3S2. The molecule has 21 heavy (non-hydrogen) atoms. The summed E-state index contributed by atoms with van der Waals surface area (Å²) in [5.41, 5.74) is 0. The zero-order valence-electron chi connectivity index (χ0n) is 11.6. The summed E-state index contributed by atoms with van der Waals surface area (Å²) in [6.45, 7) is 1.15. The number of amides is 2. The summed E-state index contributed by atoms with van der Waals surface area (Å²) in [7, 11) is 1.76. The molecule has 2 heterocycles. The molecule has 2 amide bonds. The van der Waals surface area contributed by atoms with Crippen molar-refractivity contribution >= 4 is 51.0 Å². The van der Waals surface area contributed by atoms with Crippen LogP contribution in [0.15, 0.2) is 15.9 Å². The van der Waals surface area contributed by atoms with Crippen LogP contribution in [-0.2, 0) is 11.3 Å². The number of nitrogens with zero attached hydrogens (tertiary/aromatic N) is 2. The minimum Gasteiger partial charge on any atom is -0.481 e. The lowest BCUT2D eigenvalue weighted by molar-refractivity contribution is -0.138. The topological polar surface area (TPSA) is 60.9 Å². The Kier molecular flexibility index (Phi) is 5.95. The second kappa shape index (κ2) is 7.51. The van der Waals surface area contributed by atoms with E-state index < -0.39 is 5.97 Å². The SMILES string of the molecule is CN(Cc1cc(Br)cs1)C(=O)N1CCSCC1CC(=O)O. The fourth-order valence-corrected chi connectivity index (χ4v) is 4.80. The minimum atomic E-state index is -0.856. The van der Waals surface area contributed by atoms with Crippen LogP contribution in [0.4, 0.5) is 4.79 Å². The molecule has 1 atom stereocenters. The first-order valence-corrected chi connectivity index (χ1v) is 9.34. The van der Waals surface area contributed by atoms with E-state index in [1.54, 1.807) is 39.9 Å². The van der Waals surface area contributed by atoms with Crippen molar-refractivity contribution in [3.8, 4) is 0 Å². The average Bonchev–Trinajstić information content (AvgIpc) is 2.83. The van der Waals surface area contributed by atoms with E-state index in [4.69, 9.17) is 5.11 Å². The molecule has 1 aliphatic heterocycles. The van der Waals surface area contributed by atoms with Crippen LogP contribution in [0.1, 0.15) is 11.3 Å². The second-order valence-corrected chi connectivity index (χ2v) is 7.95. The summed E-state index contributed by atoms with van der Waals surface area (Å²) in [6, 6.07) is 1.69. The summed E-state index contributed by atoms with van der Waals surface area (Å²) in [5.74, 6) is 0.696. The van der Waals surface area contributed by atoms with Crippen molar-refractivity contribution in [1.29, 1.82) is 0 Å². The number of carboxylic acid groups (broad SMARTS) is 1. The Labute approximate surface area is 140 Å². The Morgan fingerprint density at radius 2 is 2.33 bits per heavy atom. The Balaban J connectivity index is 2.00. The molecule has 1 aromatic heterocycles. The fraction of sp³-hybridized carbons (Fsp3) is 0.538. The molecule has 1 fully saturated rings. The van der Waals surface area contributed by atoms with Gasteiger partial charge in [-0.05, 0) is 22.0 Å². The molecular weight excluding hydrogens is 376 g/mol. The lowest BCUT2D eigenvalue weighted by Gasteiger charge is -2.37. The number of aliphatic carboxylic acids is 1. The van der Waals surface area contributed by atoms with Gasteiger partial charge < -0.3 is 14.9 Å². The smallest absolute Gasteiger partial charge is 0.320 e. The van der Waals surface area contributed by atoms with E-state index in [9.17, 15) is 9.59 Å². The lowest BCUT2D eigenvalue weighted by Crippen LogP contribution is -2.51. The van der Waals surface area contributed by atoms with Gasteiger partial charge in [0.2, 0.25) is 0 Å². The van der Waals surface area contributed by atoms with Gasteiger partial charge >= 0.3 is 12.0 Å². The van der Waals surface area contributed by atoms with Crippen molar-refractivity contribution in [1.82, 2.24) is 9.80 Å². The van der Waals surface area contributed by atoms with E-state index in [0.29, 0.717) is 18.8 Å². The van der Waals surface area contributed by atoms with Gasteiger partial charge in [-0.3, -0.25) is 4.79 Å². The van der Waals surface area contributed by atoms with Crippen molar-refractivity contribution in [3.05, 3.63) is 20.8 Å². The molecule has 1 aliphatic rings. The molecule has 1 unspecified atom stereocenters. The highest BCUT2D eigenvalue weighted by Gasteiger charge is 2.30. The van der Waals surface area contributed by atoms with Gasteiger partial charge in [-0.2, -0.15) is 11.8 Å². The van der Waals surface area contributed by atoms with Crippen LogP contribution in [0.2, 0.25) is 0 Å². The summed E-state index contributed by atoms with van der Waals surface area (Å²) >= 11 is 6.70. The van der Waals surface area contributed by atoms with E-state index in [-0.39, 0.29) is 18.5 Å². The predicted molar refractivity (Wildman–Crippen MR) is 89.0 cm³/mol. The van der Waals surface area contributed by atoms with Crippen molar-refractivity contribution in [2.45, 2.75) is 19.0 Å². The molecule has 0 saturated carbocycles. The molecule has 8 heteroatoms. The zero-order chi connectivity index (χ0) is 15.4. The van der Waals surface area contributed by atoms with Gasteiger partial charge in [-0.25, -0.2) is 4.79 Å². The first-order valence-electron chi connectivity index (χ1n) is 6.51. The number of halogens is 1. The van der Waals surface area contributed by atoms with Gasteiger partial charge in [0.25, 0.3) is 0 Å². The Hall–Kier alpha value is -0.730. The molecule has 5 nitrogen and oxygen atoms in total. The number of hydrogen-bond acceptors (Lipinski definition) is 4. The van der Waals surface area contributed by atoms with Crippen molar-refractivity contribution in [2.24, 2.45) is 0 Å². The number of hydrogen-bond donors (Lipinski definition) is 1. The van der Waals surface area contributed by atoms with Crippen LogP contribution >= 0.6 is 39.0 Å². The van der Waals surface area contributed by atoms with E-state index in [0.717, 1.165) is 15.1 Å². The van der Waals surface area contributed by atoms with E-state index in [2.05, 4.69) is 15.9 Å². The maximum atomic E-state index is 12.5. The van der Waals surface area contributed by atoms with Crippen LogP contribution in [0.25, 0.3) is 0 Å².